The van der Waals surface area contributed by atoms with Gasteiger partial charge in [0.2, 0.25) is 0 Å². The molecular weight excluding hydrogens is 150 g/mol. The molecule has 1 aromatic heterocycles. The van der Waals surface area contributed by atoms with Gasteiger partial charge < -0.3 is 4.72 Å². The first kappa shape index (κ1) is 5.38. The molecule has 0 aromatic carbocycles. The maximum absolute atomic E-state index is 3.19. The van der Waals surface area contributed by atoms with E-state index in [9.17, 15) is 0 Å². The lowest BCUT2D eigenvalue weighted by Crippen LogP contribution is -1.85. The highest BCUT2D eigenvalue weighted by Gasteiger charge is 2.02. The zero-order valence-corrected chi connectivity index (χ0v) is 6.26. The molecule has 0 bridgehead atoms. The Morgan fingerprint density at radius 2 is 2.44 bits per heavy atom. The van der Waals surface area contributed by atoms with E-state index < -0.39 is 0 Å². The standard InChI is InChI=1S/C6H5NS2/c1-3-8-6-5(1)2-4-9-7-6/h1-4,7H. The maximum Gasteiger partial charge on any atom is 0.106 e. The quantitative estimate of drug-likeness (QED) is 0.578. The number of thiophene rings is 1. The first-order valence-corrected chi connectivity index (χ1v) is 4.38. The summed E-state index contributed by atoms with van der Waals surface area (Å²) in [6.07, 6.45) is 2.12. The molecule has 9 heavy (non-hydrogen) atoms. The van der Waals surface area contributed by atoms with Gasteiger partial charge >= 0.3 is 0 Å². The van der Waals surface area contributed by atoms with Gasteiger partial charge in [-0.2, -0.15) is 0 Å². The van der Waals surface area contributed by atoms with Crippen molar-refractivity contribution < 1.29 is 0 Å². The molecule has 0 radical (unpaired) electrons. The molecular formula is C6H5NS2. The van der Waals surface area contributed by atoms with Crippen LogP contribution in [0.3, 0.4) is 0 Å². The van der Waals surface area contributed by atoms with Crippen LogP contribution in [0.25, 0.3) is 6.08 Å². The van der Waals surface area contributed by atoms with E-state index in [0.29, 0.717) is 0 Å². The number of anilines is 1. The minimum absolute atomic E-state index is 1.27. The zero-order chi connectivity index (χ0) is 6.10. The van der Waals surface area contributed by atoms with Crippen molar-refractivity contribution in [3.05, 3.63) is 22.4 Å². The monoisotopic (exact) mass is 155 g/mol. The van der Waals surface area contributed by atoms with Crippen LogP contribution in [0.5, 0.6) is 0 Å². The largest absolute Gasteiger partial charge is 0.317 e. The molecule has 1 aliphatic heterocycles. The third-order valence-corrected chi connectivity index (χ3v) is 2.73. The van der Waals surface area contributed by atoms with Crippen LogP contribution >= 0.6 is 23.3 Å². The van der Waals surface area contributed by atoms with E-state index in [2.05, 4.69) is 27.7 Å². The third kappa shape index (κ3) is 0.862. The average molecular weight is 155 g/mol. The second-order valence-electron chi connectivity index (χ2n) is 1.73. The number of nitrogens with one attached hydrogen (secondary N) is 1. The molecule has 1 nitrogen and oxygen atoms in total. The van der Waals surface area contributed by atoms with Crippen LogP contribution in [-0.2, 0) is 0 Å². The Morgan fingerprint density at radius 3 is 3.33 bits per heavy atom. The lowest BCUT2D eigenvalue weighted by Gasteiger charge is -2.04. The van der Waals surface area contributed by atoms with Crippen molar-refractivity contribution in [3.8, 4) is 0 Å². The molecule has 1 aromatic rings. The average Bonchev–Trinajstić information content (AvgIpc) is 2.33. The van der Waals surface area contributed by atoms with Crippen molar-refractivity contribution in [2.24, 2.45) is 0 Å². The predicted octanol–water partition coefficient (Wildman–Crippen LogP) is 2.79. The Morgan fingerprint density at radius 1 is 1.44 bits per heavy atom. The van der Waals surface area contributed by atoms with Gasteiger partial charge in [0.25, 0.3) is 0 Å². The van der Waals surface area contributed by atoms with E-state index >= 15 is 0 Å². The molecule has 2 heterocycles. The fourth-order valence-corrected chi connectivity index (χ4v) is 2.20. The van der Waals surface area contributed by atoms with Gasteiger partial charge in [-0.3, -0.25) is 0 Å². The highest BCUT2D eigenvalue weighted by atomic mass is 32.2. The van der Waals surface area contributed by atoms with Crippen LogP contribution in [0.1, 0.15) is 5.56 Å². The summed E-state index contributed by atoms with van der Waals surface area (Å²) >= 11 is 3.36. The van der Waals surface area contributed by atoms with Crippen molar-refractivity contribution in [2.45, 2.75) is 0 Å². The van der Waals surface area contributed by atoms with E-state index in [1.54, 1.807) is 23.3 Å². The molecule has 3 heteroatoms. The van der Waals surface area contributed by atoms with Gasteiger partial charge in [0.05, 0.1) is 0 Å². The number of hydrogen-bond donors (Lipinski definition) is 1. The van der Waals surface area contributed by atoms with Crippen LogP contribution in [0.4, 0.5) is 5.00 Å². The summed E-state index contributed by atoms with van der Waals surface area (Å²) in [5, 5.41) is 5.41. The first-order chi connectivity index (χ1) is 4.47. The summed E-state index contributed by atoms with van der Waals surface area (Å²) in [5.41, 5.74) is 1.30. The molecule has 0 amide bonds. The fraction of sp³-hybridized carbons (Fsp3) is 0. The Labute approximate surface area is 61.9 Å². The van der Waals surface area contributed by atoms with E-state index in [1.807, 2.05) is 0 Å². The Bertz CT molecular complexity index is 239. The van der Waals surface area contributed by atoms with Crippen LogP contribution in [0, 0.1) is 0 Å². The lowest BCUT2D eigenvalue weighted by molar-refractivity contribution is 1.82. The summed E-state index contributed by atoms with van der Waals surface area (Å²) in [5.74, 6) is 0. The zero-order valence-electron chi connectivity index (χ0n) is 4.63. The van der Waals surface area contributed by atoms with Gasteiger partial charge in [-0.1, -0.05) is 0 Å². The minimum Gasteiger partial charge on any atom is -0.317 e. The number of hydrogen-bond acceptors (Lipinski definition) is 3. The van der Waals surface area contributed by atoms with Gasteiger partial charge in [0, 0.05) is 5.56 Å². The summed E-state index contributed by atoms with van der Waals surface area (Å²) in [6.45, 7) is 0. The Hall–Kier alpha value is -0.410. The summed E-state index contributed by atoms with van der Waals surface area (Å²) in [6, 6.07) is 2.11. The first-order valence-electron chi connectivity index (χ1n) is 2.62. The van der Waals surface area contributed by atoms with E-state index in [-0.39, 0.29) is 0 Å². The van der Waals surface area contributed by atoms with Gasteiger partial charge in [0.1, 0.15) is 5.00 Å². The minimum atomic E-state index is 1.27. The molecule has 1 N–H and O–H groups in total. The van der Waals surface area contributed by atoms with Crippen LogP contribution in [0.2, 0.25) is 0 Å². The Balaban J connectivity index is 2.53. The molecule has 0 fully saturated rings. The Kier molecular flexibility index (Phi) is 1.24. The number of rotatable bonds is 0. The molecule has 0 saturated heterocycles. The highest BCUT2D eigenvalue weighted by Crippen LogP contribution is 2.31. The fourth-order valence-electron chi connectivity index (χ4n) is 0.728. The highest BCUT2D eigenvalue weighted by molar-refractivity contribution is 8.03. The summed E-state index contributed by atoms with van der Waals surface area (Å²) in [7, 11) is 0. The topological polar surface area (TPSA) is 12.0 Å². The summed E-state index contributed by atoms with van der Waals surface area (Å²) < 4.78 is 3.19. The normalized spacial score (nSPS) is 14.7. The van der Waals surface area contributed by atoms with Crippen molar-refractivity contribution in [3.63, 3.8) is 0 Å². The molecule has 2 rings (SSSR count). The third-order valence-electron chi connectivity index (χ3n) is 1.16. The predicted molar refractivity (Wildman–Crippen MR) is 44.6 cm³/mol. The van der Waals surface area contributed by atoms with Crippen LogP contribution in [-0.4, -0.2) is 0 Å². The van der Waals surface area contributed by atoms with Crippen molar-refractivity contribution in [1.82, 2.24) is 0 Å². The molecule has 0 unspecified atom stereocenters. The van der Waals surface area contributed by atoms with Crippen molar-refractivity contribution in [2.75, 3.05) is 4.72 Å². The van der Waals surface area contributed by atoms with E-state index in [4.69, 9.17) is 0 Å². The second kappa shape index (κ2) is 2.08. The molecule has 46 valence electrons. The van der Waals surface area contributed by atoms with Crippen molar-refractivity contribution in [1.29, 1.82) is 0 Å². The van der Waals surface area contributed by atoms with Crippen LogP contribution in [0.15, 0.2) is 16.9 Å². The molecule has 0 aliphatic carbocycles. The van der Waals surface area contributed by atoms with Gasteiger partial charge in [-0.05, 0) is 34.9 Å². The van der Waals surface area contributed by atoms with E-state index in [0.717, 1.165) is 0 Å². The lowest BCUT2D eigenvalue weighted by atomic mass is 10.3. The maximum atomic E-state index is 3.19. The van der Waals surface area contributed by atoms with Crippen molar-refractivity contribution >= 4 is 34.4 Å². The SMILES string of the molecule is C1=Cc2ccsc2NS1. The molecule has 0 spiro atoms. The molecule has 0 atom stereocenters. The summed E-state index contributed by atoms with van der Waals surface area (Å²) in [4.78, 5) is 0. The van der Waals surface area contributed by atoms with Gasteiger partial charge in [-0.25, -0.2) is 0 Å². The van der Waals surface area contributed by atoms with Gasteiger partial charge in [0.15, 0.2) is 0 Å². The smallest absolute Gasteiger partial charge is 0.106 e. The second-order valence-corrected chi connectivity index (χ2v) is 3.36. The van der Waals surface area contributed by atoms with Crippen LogP contribution < -0.4 is 4.72 Å². The van der Waals surface area contributed by atoms with E-state index in [1.165, 1.54) is 10.6 Å². The van der Waals surface area contributed by atoms with Gasteiger partial charge in [-0.15, -0.1) is 11.3 Å². The molecule has 1 aliphatic rings. The molecule has 0 saturated carbocycles. The number of fused-ring (bicyclic) bond motifs is 1.